The molecule has 0 radical (unpaired) electrons. The van der Waals surface area contributed by atoms with E-state index in [1.165, 1.54) is 12.0 Å². The zero-order valence-electron chi connectivity index (χ0n) is 12.7. The summed E-state index contributed by atoms with van der Waals surface area (Å²) in [5, 5.41) is 6.28. The minimum atomic E-state index is -0.459. The van der Waals surface area contributed by atoms with Gasteiger partial charge in [-0.05, 0) is 57.8 Å². The number of carbonyl (C=O) groups is 1. The summed E-state index contributed by atoms with van der Waals surface area (Å²) in [7, 11) is 0. The highest BCUT2D eigenvalue weighted by Gasteiger charge is 2.17. The van der Waals surface area contributed by atoms with E-state index in [2.05, 4.69) is 10.6 Å². The predicted molar refractivity (Wildman–Crippen MR) is 87.1 cm³/mol. The smallest absolute Gasteiger partial charge is 0.260 e. The number of ether oxygens (including phenoxy) is 1. The zero-order valence-corrected chi connectivity index (χ0v) is 13.5. The molecule has 1 amide bonds. The van der Waals surface area contributed by atoms with Gasteiger partial charge in [0.15, 0.2) is 6.10 Å². The lowest BCUT2D eigenvalue weighted by atomic mass is 10.1. The average Bonchev–Trinajstić information content (AvgIpc) is 2.94. The Kier molecular flexibility index (Phi) is 7.54. The van der Waals surface area contributed by atoms with Crippen LogP contribution in [-0.4, -0.2) is 31.6 Å². The van der Waals surface area contributed by atoms with E-state index in [1.54, 1.807) is 6.92 Å². The molecule has 0 spiro atoms. The Bertz CT molecular complexity index is 430. The quantitative estimate of drug-likeness (QED) is 0.847. The summed E-state index contributed by atoms with van der Waals surface area (Å²) in [5.41, 5.74) is 1.18. The Morgan fingerprint density at radius 3 is 2.76 bits per heavy atom. The second-order valence-electron chi connectivity index (χ2n) is 5.51. The standard InChI is InChI=1S/C16H24N2O2.ClH/c1-12-3-5-15(6-4-12)20-13(2)16(19)18-10-8-14-7-9-17-11-14;/h3-6,13-14,17H,7-11H2,1-2H3,(H,18,19);1H. The molecule has 118 valence electrons. The third-order valence-electron chi connectivity index (χ3n) is 3.72. The molecule has 0 aromatic heterocycles. The van der Waals surface area contributed by atoms with E-state index in [4.69, 9.17) is 4.74 Å². The number of carbonyl (C=O) groups excluding carboxylic acids is 1. The van der Waals surface area contributed by atoms with Gasteiger partial charge in [-0.3, -0.25) is 4.79 Å². The molecule has 0 saturated carbocycles. The van der Waals surface area contributed by atoms with Gasteiger partial charge in [-0.25, -0.2) is 0 Å². The van der Waals surface area contributed by atoms with Crippen molar-refractivity contribution in [1.29, 1.82) is 0 Å². The number of hydrogen-bond donors (Lipinski definition) is 2. The number of hydrogen-bond acceptors (Lipinski definition) is 3. The van der Waals surface area contributed by atoms with E-state index in [9.17, 15) is 4.79 Å². The molecular weight excluding hydrogens is 288 g/mol. The molecule has 2 atom stereocenters. The molecule has 1 aliphatic heterocycles. The van der Waals surface area contributed by atoms with Crippen LogP contribution in [0.4, 0.5) is 0 Å². The van der Waals surface area contributed by atoms with Crippen molar-refractivity contribution < 1.29 is 9.53 Å². The van der Waals surface area contributed by atoms with Crippen LogP contribution < -0.4 is 15.4 Å². The summed E-state index contributed by atoms with van der Waals surface area (Å²) < 4.78 is 5.63. The van der Waals surface area contributed by atoms with Crippen LogP contribution in [0.25, 0.3) is 0 Å². The summed E-state index contributed by atoms with van der Waals surface area (Å²) >= 11 is 0. The molecule has 0 aliphatic carbocycles. The van der Waals surface area contributed by atoms with Gasteiger partial charge in [0.05, 0.1) is 0 Å². The number of amides is 1. The summed E-state index contributed by atoms with van der Waals surface area (Å²) in [5.74, 6) is 1.39. The van der Waals surface area contributed by atoms with Gasteiger partial charge in [0.25, 0.3) is 5.91 Å². The summed E-state index contributed by atoms with van der Waals surface area (Å²) in [6, 6.07) is 7.74. The Balaban J connectivity index is 0.00000220. The van der Waals surface area contributed by atoms with Crippen molar-refractivity contribution >= 4 is 18.3 Å². The number of rotatable bonds is 6. The van der Waals surface area contributed by atoms with Gasteiger partial charge < -0.3 is 15.4 Å². The lowest BCUT2D eigenvalue weighted by Crippen LogP contribution is -2.37. The van der Waals surface area contributed by atoms with Gasteiger partial charge in [0, 0.05) is 6.54 Å². The minimum Gasteiger partial charge on any atom is -0.481 e. The van der Waals surface area contributed by atoms with Gasteiger partial charge in [-0.15, -0.1) is 12.4 Å². The van der Waals surface area contributed by atoms with Gasteiger partial charge in [-0.1, -0.05) is 17.7 Å². The molecule has 1 saturated heterocycles. The van der Waals surface area contributed by atoms with Crippen molar-refractivity contribution in [3.8, 4) is 5.75 Å². The molecule has 0 bridgehead atoms. The predicted octanol–water partition coefficient (Wildman–Crippen LogP) is 2.30. The van der Waals surface area contributed by atoms with Crippen LogP contribution in [-0.2, 0) is 4.79 Å². The third-order valence-corrected chi connectivity index (χ3v) is 3.72. The fourth-order valence-electron chi connectivity index (χ4n) is 2.38. The highest BCUT2D eigenvalue weighted by molar-refractivity contribution is 5.85. The molecule has 1 aliphatic rings. The van der Waals surface area contributed by atoms with Crippen LogP contribution in [0, 0.1) is 12.8 Å². The van der Waals surface area contributed by atoms with Crippen molar-refractivity contribution in [2.75, 3.05) is 19.6 Å². The first-order valence-corrected chi connectivity index (χ1v) is 7.37. The normalized spacial score (nSPS) is 18.7. The molecule has 5 heteroatoms. The van der Waals surface area contributed by atoms with Crippen LogP contribution in [0.3, 0.4) is 0 Å². The molecule has 2 N–H and O–H groups in total. The average molecular weight is 313 g/mol. The lowest BCUT2D eigenvalue weighted by molar-refractivity contribution is -0.127. The Morgan fingerprint density at radius 2 is 2.14 bits per heavy atom. The van der Waals surface area contributed by atoms with E-state index in [1.807, 2.05) is 31.2 Å². The third kappa shape index (κ3) is 5.94. The fourth-order valence-corrected chi connectivity index (χ4v) is 2.38. The maximum Gasteiger partial charge on any atom is 0.260 e. The van der Waals surface area contributed by atoms with E-state index < -0.39 is 6.10 Å². The number of benzene rings is 1. The molecule has 1 aromatic carbocycles. The first kappa shape index (κ1) is 17.8. The van der Waals surface area contributed by atoms with E-state index >= 15 is 0 Å². The zero-order chi connectivity index (χ0) is 14.4. The first-order valence-electron chi connectivity index (χ1n) is 7.37. The number of halogens is 1. The minimum absolute atomic E-state index is 0. The van der Waals surface area contributed by atoms with E-state index in [0.717, 1.165) is 31.8 Å². The molecule has 1 heterocycles. The molecule has 1 aromatic rings. The largest absolute Gasteiger partial charge is 0.481 e. The lowest BCUT2D eigenvalue weighted by Gasteiger charge is -2.15. The summed E-state index contributed by atoms with van der Waals surface area (Å²) in [6.07, 6.45) is 1.79. The molecule has 2 unspecified atom stereocenters. The SMILES string of the molecule is Cc1ccc(OC(C)C(=O)NCCC2CCNC2)cc1.Cl. The first-order chi connectivity index (χ1) is 9.65. The van der Waals surface area contributed by atoms with Gasteiger partial charge >= 0.3 is 0 Å². The van der Waals surface area contributed by atoms with Crippen LogP contribution >= 0.6 is 12.4 Å². The van der Waals surface area contributed by atoms with Crippen LogP contribution in [0.1, 0.15) is 25.3 Å². The molecule has 4 nitrogen and oxygen atoms in total. The van der Waals surface area contributed by atoms with E-state index in [0.29, 0.717) is 5.92 Å². The maximum absolute atomic E-state index is 11.9. The Labute approximate surface area is 133 Å². The van der Waals surface area contributed by atoms with Crippen molar-refractivity contribution in [2.24, 2.45) is 5.92 Å². The van der Waals surface area contributed by atoms with Crippen molar-refractivity contribution in [3.63, 3.8) is 0 Å². The van der Waals surface area contributed by atoms with Crippen LogP contribution in [0.2, 0.25) is 0 Å². The van der Waals surface area contributed by atoms with Gasteiger partial charge in [-0.2, -0.15) is 0 Å². The number of nitrogens with one attached hydrogen (secondary N) is 2. The Morgan fingerprint density at radius 1 is 1.43 bits per heavy atom. The van der Waals surface area contributed by atoms with E-state index in [-0.39, 0.29) is 18.3 Å². The molecule has 2 rings (SSSR count). The maximum atomic E-state index is 11.9. The highest BCUT2D eigenvalue weighted by atomic mass is 35.5. The number of aryl methyl sites for hydroxylation is 1. The molecule has 1 fully saturated rings. The second-order valence-corrected chi connectivity index (χ2v) is 5.51. The van der Waals surface area contributed by atoms with Crippen molar-refractivity contribution in [3.05, 3.63) is 29.8 Å². The van der Waals surface area contributed by atoms with Crippen molar-refractivity contribution in [2.45, 2.75) is 32.8 Å². The van der Waals surface area contributed by atoms with Gasteiger partial charge in [0.2, 0.25) is 0 Å². The highest BCUT2D eigenvalue weighted by Crippen LogP contribution is 2.14. The monoisotopic (exact) mass is 312 g/mol. The topological polar surface area (TPSA) is 50.4 Å². The molecule has 21 heavy (non-hydrogen) atoms. The van der Waals surface area contributed by atoms with Crippen LogP contribution in [0.5, 0.6) is 5.75 Å². The van der Waals surface area contributed by atoms with Crippen molar-refractivity contribution in [1.82, 2.24) is 10.6 Å². The summed E-state index contributed by atoms with van der Waals surface area (Å²) in [4.78, 5) is 11.9. The molecular formula is C16H25ClN2O2. The Hall–Kier alpha value is -1.26. The van der Waals surface area contributed by atoms with Gasteiger partial charge in [0.1, 0.15) is 5.75 Å². The van der Waals surface area contributed by atoms with Crippen LogP contribution in [0.15, 0.2) is 24.3 Å². The summed E-state index contributed by atoms with van der Waals surface area (Å²) in [6.45, 7) is 6.72. The fraction of sp³-hybridized carbons (Fsp3) is 0.562. The second kappa shape index (κ2) is 8.90.